The number of benzene rings is 3. The molecule has 0 aromatic heterocycles. The zero-order valence-electron chi connectivity index (χ0n) is 17.5. The number of hydrogen-bond donors (Lipinski definition) is 1. The van der Waals surface area contributed by atoms with Crippen molar-refractivity contribution in [1.29, 1.82) is 0 Å². The van der Waals surface area contributed by atoms with Gasteiger partial charge in [-0.1, -0.05) is 53.5 Å². The highest BCUT2D eigenvalue weighted by molar-refractivity contribution is 7.91. The van der Waals surface area contributed by atoms with Crippen LogP contribution in [0, 0.1) is 11.7 Å². The predicted molar refractivity (Wildman–Crippen MR) is 126 cm³/mol. The van der Waals surface area contributed by atoms with Gasteiger partial charge in [0, 0.05) is 18.1 Å². The molecule has 0 saturated heterocycles. The lowest BCUT2D eigenvalue weighted by Crippen LogP contribution is -2.27. The number of aliphatic hydroxyl groups is 1. The molecular weight excluding hydrogens is 486 g/mol. The maximum atomic E-state index is 14.2. The number of hydrogen-bond acceptors (Lipinski definition) is 4. The Labute approximate surface area is 201 Å². The molecule has 1 unspecified atom stereocenters. The van der Waals surface area contributed by atoms with Gasteiger partial charge in [0.2, 0.25) is 0 Å². The standard InChI is InChI=1S/C25H21Cl2FO4S/c26-18-3-1-4-19(13-18)33(31,32)24-12-16(14-29)9-17-8-7-15(10-20(17)24)11-23(30)25-21(27)5-2-6-22(25)28/h1-8,10,13,16,24,29H,9,11-12,14H2/t16-,24?/m1/s1. The van der Waals surface area contributed by atoms with E-state index >= 15 is 0 Å². The normalized spacial score (nSPS) is 18.1. The maximum absolute atomic E-state index is 14.2. The van der Waals surface area contributed by atoms with Gasteiger partial charge in [-0.3, -0.25) is 4.79 Å². The molecule has 3 aromatic carbocycles. The minimum Gasteiger partial charge on any atom is -0.396 e. The van der Waals surface area contributed by atoms with Gasteiger partial charge in [0.15, 0.2) is 15.6 Å². The van der Waals surface area contributed by atoms with Gasteiger partial charge in [-0.05, 0) is 65.8 Å². The Morgan fingerprint density at radius 3 is 2.52 bits per heavy atom. The van der Waals surface area contributed by atoms with E-state index < -0.39 is 26.7 Å². The highest BCUT2D eigenvalue weighted by Crippen LogP contribution is 2.42. The largest absolute Gasteiger partial charge is 0.396 e. The van der Waals surface area contributed by atoms with Crippen LogP contribution in [0.1, 0.15) is 38.7 Å². The summed E-state index contributed by atoms with van der Waals surface area (Å²) in [5.41, 5.74) is 1.77. The fourth-order valence-electron chi connectivity index (χ4n) is 4.34. The van der Waals surface area contributed by atoms with E-state index in [1.54, 1.807) is 30.3 Å². The molecule has 4 nitrogen and oxygen atoms in total. The second-order valence-corrected chi connectivity index (χ2v) is 11.2. The Balaban J connectivity index is 1.73. The van der Waals surface area contributed by atoms with Crippen molar-refractivity contribution in [2.45, 2.75) is 29.4 Å². The number of rotatable bonds is 6. The summed E-state index contributed by atoms with van der Waals surface area (Å²) in [6, 6.07) is 15.3. The van der Waals surface area contributed by atoms with Gasteiger partial charge in [0.25, 0.3) is 0 Å². The van der Waals surface area contributed by atoms with Crippen molar-refractivity contribution in [3.8, 4) is 0 Å². The molecule has 1 aliphatic carbocycles. The number of halogens is 3. The van der Waals surface area contributed by atoms with Crippen LogP contribution in [0.5, 0.6) is 0 Å². The minimum absolute atomic E-state index is 0.0326. The van der Waals surface area contributed by atoms with Gasteiger partial charge >= 0.3 is 0 Å². The second kappa shape index (κ2) is 9.55. The van der Waals surface area contributed by atoms with Crippen molar-refractivity contribution in [2.75, 3.05) is 6.61 Å². The Kier molecular flexibility index (Phi) is 6.91. The van der Waals surface area contributed by atoms with Gasteiger partial charge in [0.05, 0.1) is 20.7 Å². The third-order valence-electron chi connectivity index (χ3n) is 5.98. The lowest BCUT2D eigenvalue weighted by atomic mass is 9.82. The first-order valence-electron chi connectivity index (χ1n) is 10.4. The molecule has 0 saturated carbocycles. The first-order valence-corrected chi connectivity index (χ1v) is 12.7. The molecule has 8 heteroatoms. The van der Waals surface area contributed by atoms with E-state index in [0.717, 1.165) is 5.56 Å². The summed E-state index contributed by atoms with van der Waals surface area (Å²) in [5.74, 6) is -1.39. The van der Waals surface area contributed by atoms with E-state index in [4.69, 9.17) is 23.2 Å². The first kappa shape index (κ1) is 23.9. The number of carbonyl (C=O) groups is 1. The van der Waals surface area contributed by atoms with Gasteiger partial charge < -0.3 is 5.11 Å². The quantitative estimate of drug-likeness (QED) is 0.440. The molecule has 0 amide bonds. The van der Waals surface area contributed by atoms with Crippen molar-refractivity contribution in [2.24, 2.45) is 5.92 Å². The van der Waals surface area contributed by atoms with Crippen molar-refractivity contribution < 1.29 is 22.7 Å². The predicted octanol–water partition coefficient (Wildman–Crippen LogP) is 5.63. The van der Waals surface area contributed by atoms with Crippen LogP contribution < -0.4 is 0 Å². The molecule has 2 atom stereocenters. The summed E-state index contributed by atoms with van der Waals surface area (Å²) in [6.07, 6.45) is 0.650. The summed E-state index contributed by atoms with van der Waals surface area (Å²) < 4.78 is 41.2. The van der Waals surface area contributed by atoms with Crippen LogP contribution >= 0.6 is 23.2 Å². The second-order valence-electron chi connectivity index (χ2n) is 8.21. The van der Waals surface area contributed by atoms with Crippen LogP contribution in [-0.4, -0.2) is 25.9 Å². The summed E-state index contributed by atoms with van der Waals surface area (Å²) in [6.45, 7) is -0.132. The average Bonchev–Trinajstić information content (AvgIpc) is 2.78. The number of Topliss-reactive ketones (excluding diaryl/α,β-unsaturated/α-hetero) is 1. The fourth-order valence-corrected chi connectivity index (χ4v) is 6.83. The zero-order valence-corrected chi connectivity index (χ0v) is 19.8. The number of carbonyl (C=O) groups excluding carboxylic acids is 1. The molecule has 4 rings (SSSR count). The SMILES string of the molecule is O=C(Cc1ccc2c(c1)C(S(=O)(=O)c1cccc(Cl)c1)C[C@H](CO)C2)c1c(F)cccc1Cl. The lowest BCUT2D eigenvalue weighted by molar-refractivity contribution is 0.0989. The van der Waals surface area contributed by atoms with Crippen molar-refractivity contribution >= 4 is 38.8 Å². The average molecular weight is 507 g/mol. The Morgan fingerprint density at radius 2 is 1.82 bits per heavy atom. The molecule has 1 N–H and O–H groups in total. The summed E-state index contributed by atoms with van der Waals surface area (Å²) in [5, 5.41) is 9.20. The Hall–Kier alpha value is -2.25. The zero-order chi connectivity index (χ0) is 23.8. The molecule has 0 radical (unpaired) electrons. The van der Waals surface area contributed by atoms with Crippen LogP contribution in [-0.2, 0) is 22.7 Å². The van der Waals surface area contributed by atoms with E-state index in [0.29, 0.717) is 22.6 Å². The Morgan fingerprint density at radius 1 is 1.06 bits per heavy atom. The van der Waals surface area contributed by atoms with Crippen molar-refractivity contribution in [1.82, 2.24) is 0 Å². The lowest BCUT2D eigenvalue weighted by Gasteiger charge is -2.31. The van der Waals surface area contributed by atoms with Crippen LogP contribution in [0.15, 0.2) is 65.6 Å². The van der Waals surface area contributed by atoms with E-state index in [2.05, 4.69) is 0 Å². The minimum atomic E-state index is -3.81. The molecule has 0 aliphatic heterocycles. The topological polar surface area (TPSA) is 71.4 Å². The molecular formula is C25H21Cl2FO4S. The number of ketones is 1. The summed E-state index contributed by atoms with van der Waals surface area (Å²) in [4.78, 5) is 12.9. The van der Waals surface area contributed by atoms with Gasteiger partial charge in [-0.2, -0.15) is 0 Å². The first-order chi connectivity index (χ1) is 15.7. The van der Waals surface area contributed by atoms with Crippen LogP contribution in [0.3, 0.4) is 0 Å². The van der Waals surface area contributed by atoms with Gasteiger partial charge in [0.1, 0.15) is 5.82 Å². The third kappa shape index (κ3) is 4.85. The van der Waals surface area contributed by atoms with E-state index in [1.807, 2.05) is 0 Å². The molecule has 0 fully saturated rings. The fraction of sp³-hybridized carbons (Fsp3) is 0.240. The highest BCUT2D eigenvalue weighted by Gasteiger charge is 2.37. The van der Waals surface area contributed by atoms with Crippen LogP contribution in [0.4, 0.5) is 4.39 Å². The number of aliphatic hydroxyl groups excluding tert-OH is 1. The molecule has 0 heterocycles. The summed E-state index contributed by atoms with van der Waals surface area (Å²) >= 11 is 12.1. The number of fused-ring (bicyclic) bond motifs is 1. The summed E-state index contributed by atoms with van der Waals surface area (Å²) in [7, 11) is -3.81. The molecule has 0 bridgehead atoms. The Bertz CT molecular complexity index is 1300. The maximum Gasteiger partial charge on any atom is 0.185 e. The van der Waals surface area contributed by atoms with E-state index in [-0.39, 0.29) is 40.8 Å². The number of sulfone groups is 1. The van der Waals surface area contributed by atoms with Crippen molar-refractivity contribution in [3.05, 3.63) is 98.8 Å². The molecule has 172 valence electrons. The van der Waals surface area contributed by atoms with E-state index in [9.17, 15) is 22.7 Å². The monoisotopic (exact) mass is 506 g/mol. The molecule has 3 aromatic rings. The molecule has 33 heavy (non-hydrogen) atoms. The smallest absolute Gasteiger partial charge is 0.185 e. The van der Waals surface area contributed by atoms with Crippen LogP contribution in [0.2, 0.25) is 10.0 Å². The van der Waals surface area contributed by atoms with Crippen molar-refractivity contribution in [3.63, 3.8) is 0 Å². The molecule has 0 spiro atoms. The highest BCUT2D eigenvalue weighted by atomic mass is 35.5. The molecule has 1 aliphatic rings. The van der Waals surface area contributed by atoms with Crippen LogP contribution in [0.25, 0.3) is 0 Å². The third-order valence-corrected chi connectivity index (χ3v) is 8.63. The van der Waals surface area contributed by atoms with Gasteiger partial charge in [-0.25, -0.2) is 12.8 Å². The van der Waals surface area contributed by atoms with Gasteiger partial charge in [-0.15, -0.1) is 0 Å². The van der Waals surface area contributed by atoms with E-state index in [1.165, 1.54) is 30.3 Å².